The number of carbonyl (C=O) groups is 2. The smallest absolute Gasteiger partial charge is 0.260 e. The summed E-state index contributed by atoms with van der Waals surface area (Å²) in [5.74, 6) is 1.04. The first-order valence-corrected chi connectivity index (χ1v) is 37.4. The summed E-state index contributed by atoms with van der Waals surface area (Å²) in [7, 11) is 0. The Morgan fingerprint density at radius 3 is 1.53 bits per heavy atom. The molecule has 0 saturated carbocycles. The summed E-state index contributed by atoms with van der Waals surface area (Å²) in [6.45, 7) is 14.6. The van der Waals surface area contributed by atoms with Crippen LogP contribution in [0.5, 0.6) is 0 Å². The molecule has 4 bridgehead atoms. The molecule has 3 atom stereocenters. The molecule has 0 fully saturated rings. The Labute approximate surface area is 527 Å². The monoisotopic (exact) mass is 1200 g/mol. The molecule has 0 radical (unpaired) electrons. The van der Waals surface area contributed by atoms with Crippen molar-refractivity contribution in [3.05, 3.63) is 91.3 Å². The van der Waals surface area contributed by atoms with Gasteiger partial charge in [-0.05, 0) is 112 Å². The number of fused-ring (bicyclic) bond motifs is 3. The van der Waals surface area contributed by atoms with E-state index in [1.54, 1.807) is 22.7 Å². The molecule has 6 nitrogen and oxygen atoms in total. The topological polar surface area (TPSA) is 92.7 Å². The molecule has 3 aliphatic heterocycles. The molecular weight excluding hydrogens is 1080 g/mol. The van der Waals surface area contributed by atoms with Crippen LogP contribution in [0.15, 0.2) is 60.7 Å². The zero-order chi connectivity index (χ0) is 60.3. The van der Waals surface area contributed by atoms with Gasteiger partial charge in [-0.1, -0.05) is 276 Å². The van der Waals surface area contributed by atoms with Gasteiger partial charge in [0.2, 0.25) is 0 Å². The fraction of sp³-hybridized carbons (Fsp3) is 0.688. The van der Waals surface area contributed by atoms with E-state index in [0.29, 0.717) is 24.9 Å². The third-order valence-corrected chi connectivity index (χ3v) is 22.2. The molecule has 0 saturated heterocycles. The summed E-state index contributed by atoms with van der Waals surface area (Å²) >= 11 is 3.45. The Morgan fingerprint density at radius 2 is 0.976 bits per heavy atom. The van der Waals surface area contributed by atoms with E-state index >= 15 is 9.59 Å². The number of amides is 2. The number of rotatable bonds is 36. The first kappa shape index (κ1) is 68.9. The molecule has 5 heterocycles. The number of nitrogens with zero attached hydrogens (tertiary/aromatic N) is 2. The van der Waals surface area contributed by atoms with Gasteiger partial charge >= 0.3 is 0 Å². The number of carbonyl (C=O) groups excluding carboxylic acids is 2. The Kier molecular flexibility index (Phi) is 29.8. The quantitative estimate of drug-likeness (QED) is 0.0444. The molecular formula is C77H120N4O2S2. The molecule has 7 rings (SSSR count). The van der Waals surface area contributed by atoms with E-state index in [9.17, 15) is 0 Å². The highest BCUT2D eigenvalue weighted by molar-refractivity contribution is 7.17. The fourth-order valence-corrected chi connectivity index (χ4v) is 16.3. The van der Waals surface area contributed by atoms with E-state index in [1.165, 1.54) is 225 Å². The summed E-state index contributed by atoms with van der Waals surface area (Å²) in [5, 5.41) is 1.98. The molecule has 0 spiro atoms. The fourth-order valence-electron chi connectivity index (χ4n) is 14.1. The molecule has 2 aromatic carbocycles. The Bertz CT molecular complexity index is 2710. The number of benzene rings is 2. The van der Waals surface area contributed by atoms with Gasteiger partial charge in [0.25, 0.3) is 11.8 Å². The minimum Gasteiger partial charge on any atom is -0.322 e. The van der Waals surface area contributed by atoms with E-state index in [0.717, 1.165) is 102 Å². The Balaban J connectivity index is 1.27. The minimum atomic E-state index is -0.473. The van der Waals surface area contributed by atoms with Crippen molar-refractivity contribution >= 4 is 57.0 Å². The van der Waals surface area contributed by atoms with Gasteiger partial charge in [0.1, 0.15) is 0 Å². The number of unbranched alkanes of at least 4 members (excludes halogenated alkanes) is 25. The molecule has 4 aromatic rings. The molecule has 3 aliphatic rings. The standard InChI is InChI=1S/C77H120N4O2S2/c1-7-10-13-16-19-22-24-29-34-39-44-60-45-41-36-31-26-27-32-37-42-55-77(6,79)71-54-53-70(85-71)73-65-57-66-64(72(74(82)80(66)58-60)69-52-51-68(84-69)62-47-49-63(50-48-62)76(4,5)78)56-67(65)81(75(73)83)59-61(43-38-33-28-21-18-15-12-9-3)46-40-35-30-25-23-20-17-14-11-8-2/h47-54,56-57,60-61H,7-46,55,58-59,78-79H2,1-6H3. The van der Waals surface area contributed by atoms with Gasteiger partial charge in [0, 0.05) is 54.1 Å². The average molecular weight is 1200 g/mol. The summed E-state index contributed by atoms with van der Waals surface area (Å²) in [4.78, 5) is 40.4. The predicted molar refractivity (Wildman–Crippen MR) is 372 cm³/mol. The lowest BCUT2D eigenvalue weighted by molar-refractivity contribution is -0.114. The van der Waals surface area contributed by atoms with Gasteiger partial charge in [0.05, 0.1) is 22.5 Å². The lowest BCUT2D eigenvalue weighted by Gasteiger charge is -2.27. The Morgan fingerprint density at radius 1 is 0.529 bits per heavy atom. The minimum absolute atomic E-state index is 0.115. The second-order valence-corrected chi connectivity index (χ2v) is 30.0. The zero-order valence-electron chi connectivity index (χ0n) is 55.0. The van der Waals surface area contributed by atoms with Gasteiger partial charge in [-0.2, -0.15) is 0 Å². The highest BCUT2D eigenvalue weighted by Gasteiger charge is 2.39. The van der Waals surface area contributed by atoms with Gasteiger partial charge in [-0.3, -0.25) is 9.59 Å². The van der Waals surface area contributed by atoms with Crippen LogP contribution >= 0.6 is 22.7 Å². The molecule has 3 unspecified atom stereocenters. The van der Waals surface area contributed by atoms with Gasteiger partial charge in [-0.25, -0.2) is 0 Å². The van der Waals surface area contributed by atoms with Crippen LogP contribution in [0.2, 0.25) is 0 Å². The first-order valence-electron chi connectivity index (χ1n) is 35.8. The van der Waals surface area contributed by atoms with Crippen LogP contribution in [0.4, 0.5) is 11.4 Å². The van der Waals surface area contributed by atoms with Crippen molar-refractivity contribution in [1.82, 2.24) is 0 Å². The highest BCUT2D eigenvalue weighted by atomic mass is 32.1. The van der Waals surface area contributed by atoms with E-state index in [1.807, 2.05) is 0 Å². The van der Waals surface area contributed by atoms with E-state index in [-0.39, 0.29) is 11.8 Å². The maximum absolute atomic E-state index is 15.9. The number of nitrogens with two attached hydrogens (primary N) is 2. The average Bonchev–Trinajstić information content (AvgIpc) is 1.73. The number of thiophene rings is 2. The van der Waals surface area contributed by atoms with Crippen LogP contribution in [0.1, 0.15) is 325 Å². The Hall–Kier alpha value is -3.56. The first-order chi connectivity index (χ1) is 41.3. The largest absolute Gasteiger partial charge is 0.322 e. The predicted octanol–water partition coefficient (Wildman–Crippen LogP) is 21.2. The molecule has 85 heavy (non-hydrogen) atoms. The van der Waals surface area contributed by atoms with Gasteiger partial charge in [-0.15, -0.1) is 22.7 Å². The number of hydrogen-bond donors (Lipinski definition) is 2. The maximum atomic E-state index is 15.9. The van der Waals surface area contributed by atoms with Crippen molar-refractivity contribution in [2.45, 2.75) is 316 Å². The van der Waals surface area contributed by atoms with Gasteiger partial charge in [0.15, 0.2) is 0 Å². The number of anilines is 2. The van der Waals surface area contributed by atoms with Crippen LogP contribution in [0.25, 0.3) is 21.6 Å². The second kappa shape index (κ2) is 36.8. The second-order valence-electron chi connectivity index (χ2n) is 27.8. The zero-order valence-corrected chi connectivity index (χ0v) is 56.6. The van der Waals surface area contributed by atoms with Crippen LogP contribution in [0.3, 0.4) is 0 Å². The molecule has 4 N–H and O–H groups in total. The van der Waals surface area contributed by atoms with Crippen molar-refractivity contribution in [1.29, 1.82) is 0 Å². The summed E-state index contributed by atoms with van der Waals surface area (Å²) < 4.78 is 0. The highest BCUT2D eigenvalue weighted by Crippen LogP contribution is 2.40. The van der Waals surface area contributed by atoms with E-state index < -0.39 is 11.1 Å². The van der Waals surface area contributed by atoms with Crippen LogP contribution in [-0.4, -0.2) is 24.9 Å². The third kappa shape index (κ3) is 21.3. The summed E-state index contributed by atoms with van der Waals surface area (Å²) in [6, 6.07) is 22.1. The molecule has 472 valence electrons. The van der Waals surface area contributed by atoms with Crippen molar-refractivity contribution in [2.75, 3.05) is 22.9 Å². The lowest BCUT2D eigenvalue weighted by atomic mass is 9.92. The van der Waals surface area contributed by atoms with Crippen LogP contribution in [0, 0.1) is 11.8 Å². The molecule has 8 heteroatoms. The van der Waals surface area contributed by atoms with Crippen molar-refractivity contribution in [3.63, 3.8) is 0 Å². The summed E-state index contributed by atoms with van der Waals surface area (Å²) in [6.07, 6.45) is 52.4. The molecule has 2 aromatic heterocycles. The van der Waals surface area contributed by atoms with Crippen molar-refractivity contribution < 1.29 is 9.59 Å². The van der Waals surface area contributed by atoms with Gasteiger partial charge < -0.3 is 21.3 Å². The molecule has 2 amide bonds. The molecule has 0 aliphatic carbocycles. The van der Waals surface area contributed by atoms with Crippen LogP contribution in [-0.2, 0) is 20.7 Å². The normalized spacial score (nSPS) is 18.5. The van der Waals surface area contributed by atoms with Crippen molar-refractivity contribution in [3.8, 4) is 10.4 Å². The maximum Gasteiger partial charge on any atom is 0.260 e. The number of hydrogen-bond acceptors (Lipinski definition) is 6. The summed E-state index contributed by atoms with van der Waals surface area (Å²) in [5.41, 5.74) is 18.7. The van der Waals surface area contributed by atoms with Crippen molar-refractivity contribution in [2.24, 2.45) is 23.3 Å². The van der Waals surface area contributed by atoms with Crippen LogP contribution < -0.4 is 31.7 Å². The SMILES string of the molecule is CCCCCCCCCCCCC1CCCCCCCCCCC(C)(N)c2ccc(s2)C2=c3cc4c(cc3N(CC(CCCCCCCCCC)CCCCCCCCCCCC)C2=O)=C(c2ccc(-c3ccc(C(C)(C)N)cc3)s2)C(=O)N4C1. The van der Waals surface area contributed by atoms with E-state index in [4.69, 9.17) is 11.5 Å². The lowest BCUT2D eigenvalue weighted by Crippen LogP contribution is -2.35. The third-order valence-electron chi connectivity index (χ3n) is 19.7. The van der Waals surface area contributed by atoms with E-state index in [2.05, 4.69) is 112 Å².